The maximum Gasteiger partial charge on any atom is 0.174 e. The number of thioether (sulfide) groups is 2. The summed E-state index contributed by atoms with van der Waals surface area (Å²) in [6.07, 6.45) is 11.8. The van der Waals surface area contributed by atoms with E-state index in [1.807, 2.05) is 0 Å². The van der Waals surface area contributed by atoms with Crippen LogP contribution in [0, 0.1) is 29.1 Å². The largest absolute Gasteiger partial charge is 0.393 e. The molecule has 0 bridgehead atoms. The van der Waals surface area contributed by atoms with Crippen molar-refractivity contribution in [3.8, 4) is 0 Å². The lowest BCUT2D eigenvalue weighted by Gasteiger charge is -2.58. The van der Waals surface area contributed by atoms with Crippen LogP contribution in [0.3, 0.4) is 0 Å². The minimum Gasteiger partial charge on any atom is -0.393 e. The zero-order chi connectivity index (χ0) is 19.0. The molecule has 2 saturated heterocycles. The first-order chi connectivity index (χ1) is 13.6. The van der Waals surface area contributed by atoms with Crippen LogP contribution in [0.4, 0.5) is 0 Å². The smallest absolute Gasteiger partial charge is 0.174 e. The average Bonchev–Trinajstić information content (AvgIpc) is 3.43. The lowest BCUT2D eigenvalue weighted by Crippen LogP contribution is -2.59. The van der Waals surface area contributed by atoms with Crippen LogP contribution in [0.1, 0.15) is 58.3 Å². The van der Waals surface area contributed by atoms with Gasteiger partial charge in [0.25, 0.3) is 0 Å². The summed E-state index contributed by atoms with van der Waals surface area (Å²) in [5.74, 6) is 4.61. The fourth-order valence-electron chi connectivity index (χ4n) is 8.40. The fraction of sp³-hybridized carbons (Fsp3) is 0.913. The van der Waals surface area contributed by atoms with Crippen LogP contribution in [0.15, 0.2) is 11.6 Å². The van der Waals surface area contributed by atoms with Crippen LogP contribution in [0.5, 0.6) is 0 Å². The first-order valence-corrected chi connectivity index (χ1v) is 13.5. The van der Waals surface area contributed by atoms with E-state index in [1.165, 1.54) is 43.6 Å². The van der Waals surface area contributed by atoms with Crippen molar-refractivity contribution in [3.63, 3.8) is 0 Å². The summed E-state index contributed by atoms with van der Waals surface area (Å²) in [6.45, 7) is 3.77. The Morgan fingerprint density at radius 3 is 2.64 bits per heavy atom. The Morgan fingerprint density at radius 1 is 1.11 bits per heavy atom. The molecule has 28 heavy (non-hydrogen) atoms. The van der Waals surface area contributed by atoms with Gasteiger partial charge in [-0.1, -0.05) is 18.6 Å². The number of aliphatic hydroxyl groups excluding tert-OH is 1. The van der Waals surface area contributed by atoms with Crippen molar-refractivity contribution in [2.24, 2.45) is 29.1 Å². The zero-order valence-electron chi connectivity index (χ0n) is 17.0. The van der Waals surface area contributed by atoms with Gasteiger partial charge in [0.2, 0.25) is 0 Å². The second-order valence-electron chi connectivity index (χ2n) is 10.0. The number of hydrogen-bond acceptors (Lipinski definition) is 5. The molecule has 2 heterocycles. The molecule has 2 aliphatic heterocycles. The van der Waals surface area contributed by atoms with Crippen molar-refractivity contribution in [2.75, 3.05) is 24.7 Å². The Kier molecular flexibility index (Phi) is 4.53. The van der Waals surface area contributed by atoms with Gasteiger partial charge in [-0.2, -0.15) is 0 Å². The highest BCUT2D eigenvalue weighted by Gasteiger charge is 2.68. The molecule has 6 rings (SSSR count). The van der Waals surface area contributed by atoms with Gasteiger partial charge in [-0.05, 0) is 68.6 Å². The van der Waals surface area contributed by atoms with Crippen LogP contribution in [-0.2, 0) is 9.47 Å². The Labute approximate surface area is 177 Å². The van der Waals surface area contributed by atoms with Crippen LogP contribution < -0.4 is 0 Å². The number of ether oxygens (including phenoxy) is 2. The van der Waals surface area contributed by atoms with E-state index in [0.717, 1.165) is 32.5 Å². The second kappa shape index (κ2) is 6.66. The van der Waals surface area contributed by atoms with E-state index in [9.17, 15) is 5.11 Å². The molecular weight excluding hydrogens is 388 g/mol. The Bertz CT molecular complexity index is 667. The van der Waals surface area contributed by atoms with Crippen LogP contribution in [0.25, 0.3) is 0 Å². The second-order valence-corrected chi connectivity index (χ2v) is 13.1. The Balaban J connectivity index is 1.33. The maximum atomic E-state index is 11.5. The van der Waals surface area contributed by atoms with Crippen molar-refractivity contribution in [1.82, 2.24) is 0 Å². The first kappa shape index (κ1) is 19.0. The molecule has 0 amide bonds. The molecule has 4 aliphatic carbocycles. The van der Waals surface area contributed by atoms with Gasteiger partial charge in [0.1, 0.15) is 0 Å². The minimum atomic E-state index is -0.401. The van der Waals surface area contributed by atoms with Crippen molar-refractivity contribution >= 4 is 23.5 Å². The van der Waals surface area contributed by atoms with Gasteiger partial charge in [0.05, 0.1) is 23.4 Å². The maximum absolute atomic E-state index is 11.5. The Hall–Kier alpha value is 0.320. The molecule has 0 radical (unpaired) electrons. The van der Waals surface area contributed by atoms with Gasteiger partial charge < -0.3 is 14.6 Å². The summed E-state index contributed by atoms with van der Waals surface area (Å²) < 4.78 is 13.0. The van der Waals surface area contributed by atoms with E-state index in [1.54, 1.807) is 5.57 Å². The van der Waals surface area contributed by atoms with E-state index < -0.39 is 5.79 Å². The number of rotatable bonds is 1. The van der Waals surface area contributed by atoms with Crippen molar-refractivity contribution in [2.45, 2.75) is 74.3 Å². The van der Waals surface area contributed by atoms with Crippen LogP contribution in [-0.4, -0.2) is 45.8 Å². The number of allylic oxidation sites excluding steroid dienone is 1. The quantitative estimate of drug-likeness (QED) is 0.612. The summed E-state index contributed by atoms with van der Waals surface area (Å²) in [5.41, 5.74) is 1.72. The van der Waals surface area contributed by atoms with Gasteiger partial charge >= 0.3 is 0 Å². The molecule has 3 nitrogen and oxygen atoms in total. The summed E-state index contributed by atoms with van der Waals surface area (Å²) >= 11 is 4.35. The van der Waals surface area contributed by atoms with Gasteiger partial charge in [0.15, 0.2) is 5.79 Å². The molecule has 156 valence electrons. The van der Waals surface area contributed by atoms with Gasteiger partial charge in [-0.25, -0.2) is 0 Å². The van der Waals surface area contributed by atoms with E-state index in [4.69, 9.17) is 9.47 Å². The molecular formula is C23H34O3S2. The summed E-state index contributed by atoms with van der Waals surface area (Å²) in [6, 6.07) is 0. The topological polar surface area (TPSA) is 38.7 Å². The van der Waals surface area contributed by atoms with Crippen molar-refractivity contribution in [3.05, 3.63) is 11.6 Å². The third kappa shape index (κ3) is 2.43. The highest BCUT2D eigenvalue weighted by molar-refractivity contribution is 8.21. The van der Waals surface area contributed by atoms with Crippen LogP contribution >= 0.6 is 23.5 Å². The molecule has 5 fully saturated rings. The lowest BCUT2D eigenvalue weighted by atomic mass is 9.49. The standard InChI is InChI=1S/C23H34O3S2/c1-2-21-14-19(24)20-16-5-7-22(27-11-12-28-22)13-15(16)3-4-17(20)18(21)6-8-23(21)25-9-10-26-23/h13,16-20,24H,2-12,14H2,1H3/t16?,17?,18?,19-,20+,21+/m1/s1. The molecule has 6 atom stereocenters. The van der Waals surface area contributed by atoms with Crippen molar-refractivity contribution < 1.29 is 14.6 Å². The molecule has 0 aromatic heterocycles. The van der Waals surface area contributed by atoms with E-state index in [-0.39, 0.29) is 11.5 Å². The third-order valence-corrected chi connectivity index (χ3v) is 12.8. The highest BCUT2D eigenvalue weighted by atomic mass is 32.2. The molecule has 2 spiro atoms. The Morgan fingerprint density at radius 2 is 1.89 bits per heavy atom. The summed E-state index contributed by atoms with van der Waals surface area (Å²) in [5, 5.41) is 11.5. The summed E-state index contributed by atoms with van der Waals surface area (Å²) in [4.78, 5) is 0. The molecule has 3 unspecified atom stereocenters. The molecule has 0 aromatic rings. The van der Waals surface area contributed by atoms with Gasteiger partial charge in [0, 0.05) is 23.3 Å². The molecule has 6 aliphatic rings. The highest BCUT2D eigenvalue weighted by Crippen LogP contribution is 2.68. The summed E-state index contributed by atoms with van der Waals surface area (Å²) in [7, 11) is 0. The monoisotopic (exact) mass is 422 g/mol. The predicted octanol–water partition coefficient (Wildman–Crippen LogP) is 4.84. The molecule has 0 aromatic carbocycles. The van der Waals surface area contributed by atoms with E-state index >= 15 is 0 Å². The average molecular weight is 423 g/mol. The van der Waals surface area contributed by atoms with E-state index in [2.05, 4.69) is 36.5 Å². The number of aliphatic hydroxyl groups is 1. The zero-order valence-corrected chi connectivity index (χ0v) is 18.7. The van der Waals surface area contributed by atoms with Crippen LogP contribution in [0.2, 0.25) is 0 Å². The fourth-order valence-corrected chi connectivity index (χ4v) is 11.6. The SMILES string of the molecule is CC[C@]12C[C@@H](O)[C@H]3C4CCC5(C=C4CCC3C1CCC21OCCO1)SCCS5. The normalized spacial score (nSPS) is 48.4. The predicted molar refractivity (Wildman–Crippen MR) is 115 cm³/mol. The van der Waals surface area contributed by atoms with E-state index in [0.29, 0.717) is 27.8 Å². The lowest BCUT2D eigenvalue weighted by molar-refractivity contribution is -0.261. The van der Waals surface area contributed by atoms with Crippen molar-refractivity contribution in [1.29, 1.82) is 0 Å². The minimum absolute atomic E-state index is 0.0261. The first-order valence-electron chi connectivity index (χ1n) is 11.6. The van der Waals surface area contributed by atoms with Gasteiger partial charge in [-0.3, -0.25) is 0 Å². The molecule has 1 N–H and O–H groups in total. The third-order valence-electron chi connectivity index (χ3n) is 9.36. The molecule has 5 heteroatoms. The molecule has 3 saturated carbocycles. The number of hydrogen-bond donors (Lipinski definition) is 1. The van der Waals surface area contributed by atoms with Gasteiger partial charge in [-0.15, -0.1) is 23.5 Å². The number of fused-ring (bicyclic) bond motifs is 6.